The van der Waals surface area contributed by atoms with Crippen LogP contribution in [-0.4, -0.2) is 67.7 Å². The Morgan fingerprint density at radius 1 is 1.42 bits per heavy atom. The molecule has 1 N–H and O–H groups in total. The van der Waals surface area contributed by atoms with E-state index in [0.717, 1.165) is 32.5 Å². The number of hydrogen-bond donors (Lipinski definition) is 1. The van der Waals surface area contributed by atoms with Gasteiger partial charge in [0.15, 0.2) is 0 Å². The van der Waals surface area contributed by atoms with Crippen LogP contribution in [0.4, 0.5) is 4.39 Å². The average molecular weight is 335 g/mol. The van der Waals surface area contributed by atoms with Gasteiger partial charge in [0.05, 0.1) is 19.3 Å². The zero-order valence-corrected chi connectivity index (χ0v) is 14.2. The molecule has 1 unspecified atom stereocenters. The first-order chi connectivity index (χ1) is 11.6. The summed E-state index contributed by atoms with van der Waals surface area (Å²) < 4.78 is 19.5. The van der Waals surface area contributed by atoms with E-state index in [9.17, 15) is 9.18 Å². The number of hydrogen-bond acceptors (Lipinski definition) is 4. The van der Waals surface area contributed by atoms with E-state index in [1.165, 1.54) is 6.07 Å². The zero-order valence-electron chi connectivity index (χ0n) is 14.2. The highest BCUT2D eigenvalue weighted by Crippen LogP contribution is 2.28. The number of likely N-dealkylation sites (N-methyl/N-ethyl adjacent to an activating group) is 1. The highest BCUT2D eigenvalue weighted by Gasteiger charge is 2.32. The second-order valence-electron chi connectivity index (χ2n) is 6.73. The number of carbonyl (C=O) groups is 1. The van der Waals surface area contributed by atoms with Gasteiger partial charge in [0.25, 0.3) is 0 Å². The second-order valence-corrected chi connectivity index (χ2v) is 6.73. The van der Waals surface area contributed by atoms with Crippen molar-refractivity contribution in [3.8, 4) is 0 Å². The molecular weight excluding hydrogens is 309 g/mol. The summed E-state index contributed by atoms with van der Waals surface area (Å²) in [5, 5.41) is 3.20. The molecule has 132 valence electrons. The van der Waals surface area contributed by atoms with Gasteiger partial charge in [-0.2, -0.15) is 0 Å². The Morgan fingerprint density at radius 3 is 2.92 bits per heavy atom. The van der Waals surface area contributed by atoms with Crippen molar-refractivity contribution >= 4 is 5.91 Å². The fourth-order valence-corrected chi connectivity index (χ4v) is 3.05. The van der Waals surface area contributed by atoms with Gasteiger partial charge in [-0.3, -0.25) is 4.79 Å². The van der Waals surface area contributed by atoms with E-state index in [1.807, 2.05) is 6.07 Å². The van der Waals surface area contributed by atoms with Crippen LogP contribution in [-0.2, 0) is 16.1 Å². The van der Waals surface area contributed by atoms with E-state index in [4.69, 9.17) is 4.74 Å². The first kappa shape index (κ1) is 17.3. The topological polar surface area (TPSA) is 44.8 Å². The Labute approximate surface area is 142 Å². The first-order valence-corrected chi connectivity index (χ1v) is 8.67. The van der Waals surface area contributed by atoms with Crippen molar-refractivity contribution in [2.45, 2.75) is 31.5 Å². The summed E-state index contributed by atoms with van der Waals surface area (Å²) in [6.45, 7) is 3.85. The molecule has 1 aromatic rings. The van der Waals surface area contributed by atoms with E-state index in [2.05, 4.69) is 17.3 Å². The molecule has 0 bridgehead atoms. The number of morpholine rings is 1. The van der Waals surface area contributed by atoms with Crippen LogP contribution in [0.15, 0.2) is 24.3 Å². The third kappa shape index (κ3) is 4.75. The van der Waals surface area contributed by atoms with Crippen molar-refractivity contribution in [2.24, 2.45) is 0 Å². The molecular formula is C18H26FN3O2. The van der Waals surface area contributed by atoms with Crippen LogP contribution >= 0.6 is 0 Å². The van der Waals surface area contributed by atoms with Crippen LogP contribution in [0.3, 0.4) is 0 Å². The molecule has 1 aliphatic carbocycles. The largest absolute Gasteiger partial charge is 0.374 e. The number of rotatable bonds is 7. The molecule has 24 heavy (non-hydrogen) atoms. The third-order valence-electron chi connectivity index (χ3n) is 4.60. The fraction of sp³-hybridized carbons (Fsp3) is 0.611. The smallest absolute Gasteiger partial charge is 0.237 e. The molecule has 1 saturated heterocycles. The van der Waals surface area contributed by atoms with Gasteiger partial charge < -0.3 is 19.9 Å². The molecule has 1 saturated carbocycles. The summed E-state index contributed by atoms with van der Waals surface area (Å²) in [5.74, 6) is -0.215. The average Bonchev–Trinajstić information content (AvgIpc) is 3.39. The number of benzene rings is 1. The summed E-state index contributed by atoms with van der Waals surface area (Å²) in [6.07, 6.45) is 2.14. The quantitative estimate of drug-likeness (QED) is 0.814. The van der Waals surface area contributed by atoms with E-state index in [1.54, 1.807) is 17.0 Å². The molecule has 5 nitrogen and oxygen atoms in total. The Hall–Kier alpha value is -1.50. The van der Waals surface area contributed by atoms with Crippen LogP contribution in [0.1, 0.15) is 18.4 Å². The molecule has 0 aromatic heterocycles. The lowest BCUT2D eigenvalue weighted by atomic mass is 10.2. The van der Waals surface area contributed by atoms with Gasteiger partial charge in [-0.1, -0.05) is 18.2 Å². The van der Waals surface area contributed by atoms with Crippen molar-refractivity contribution in [3.63, 3.8) is 0 Å². The second kappa shape index (κ2) is 8.05. The highest BCUT2D eigenvalue weighted by atomic mass is 19.1. The number of carbonyl (C=O) groups excluding carboxylic acids is 1. The highest BCUT2D eigenvalue weighted by molar-refractivity contribution is 5.79. The zero-order chi connectivity index (χ0) is 16.9. The third-order valence-corrected chi connectivity index (χ3v) is 4.60. The number of nitrogens with one attached hydrogen (secondary N) is 1. The van der Waals surface area contributed by atoms with Gasteiger partial charge >= 0.3 is 0 Å². The van der Waals surface area contributed by atoms with E-state index in [0.29, 0.717) is 18.7 Å². The fourth-order valence-electron chi connectivity index (χ4n) is 3.05. The van der Waals surface area contributed by atoms with E-state index >= 15 is 0 Å². The van der Waals surface area contributed by atoms with Crippen LogP contribution in [0.5, 0.6) is 0 Å². The first-order valence-electron chi connectivity index (χ1n) is 8.67. The minimum atomic E-state index is -0.248. The SMILES string of the molecule is CN1CCOC(CNCC(=O)N(Cc2ccccc2F)C2CC2)C1. The van der Waals surface area contributed by atoms with Gasteiger partial charge in [0.2, 0.25) is 5.91 Å². The predicted octanol–water partition coefficient (Wildman–Crippen LogP) is 1.24. The molecule has 1 atom stereocenters. The lowest BCUT2D eigenvalue weighted by molar-refractivity contribution is -0.131. The molecule has 1 aromatic carbocycles. The Bertz CT molecular complexity index is 565. The lowest BCUT2D eigenvalue weighted by Gasteiger charge is -2.30. The molecule has 0 radical (unpaired) electrons. The number of ether oxygens (including phenoxy) is 1. The van der Waals surface area contributed by atoms with Crippen molar-refractivity contribution < 1.29 is 13.9 Å². The van der Waals surface area contributed by atoms with Gasteiger partial charge in [-0.15, -0.1) is 0 Å². The van der Waals surface area contributed by atoms with Gasteiger partial charge in [0.1, 0.15) is 5.82 Å². The summed E-state index contributed by atoms with van der Waals surface area (Å²) in [4.78, 5) is 16.6. The van der Waals surface area contributed by atoms with Crippen LogP contribution < -0.4 is 5.32 Å². The number of amides is 1. The Balaban J connectivity index is 1.49. The standard InChI is InChI=1S/C18H26FN3O2/c1-21-8-9-24-16(13-21)10-20-11-18(23)22(15-6-7-15)12-14-4-2-3-5-17(14)19/h2-5,15-16,20H,6-13H2,1H3. The maximum Gasteiger partial charge on any atom is 0.237 e. The molecule has 2 fully saturated rings. The van der Waals surface area contributed by atoms with Crippen molar-refractivity contribution in [2.75, 3.05) is 39.8 Å². The van der Waals surface area contributed by atoms with Crippen LogP contribution in [0.25, 0.3) is 0 Å². The monoisotopic (exact) mass is 335 g/mol. The summed E-state index contributed by atoms with van der Waals surface area (Å²) in [7, 11) is 2.07. The summed E-state index contributed by atoms with van der Waals surface area (Å²) in [5.41, 5.74) is 0.579. The summed E-state index contributed by atoms with van der Waals surface area (Å²) in [6, 6.07) is 6.93. The van der Waals surface area contributed by atoms with Crippen molar-refractivity contribution in [1.29, 1.82) is 0 Å². The Kier molecular flexibility index (Phi) is 5.81. The van der Waals surface area contributed by atoms with Crippen molar-refractivity contribution in [1.82, 2.24) is 15.1 Å². The minimum absolute atomic E-state index is 0.0323. The molecule has 1 heterocycles. The van der Waals surface area contributed by atoms with E-state index < -0.39 is 0 Å². The molecule has 3 rings (SSSR count). The van der Waals surface area contributed by atoms with E-state index in [-0.39, 0.29) is 30.4 Å². The maximum absolute atomic E-state index is 13.9. The number of nitrogens with zero attached hydrogens (tertiary/aromatic N) is 2. The number of halogens is 1. The maximum atomic E-state index is 13.9. The van der Waals surface area contributed by atoms with Crippen LogP contribution in [0.2, 0.25) is 0 Å². The normalized spacial score (nSPS) is 21.7. The van der Waals surface area contributed by atoms with Crippen molar-refractivity contribution in [3.05, 3.63) is 35.6 Å². The molecule has 1 aliphatic heterocycles. The minimum Gasteiger partial charge on any atom is -0.374 e. The lowest BCUT2D eigenvalue weighted by Crippen LogP contribution is -2.47. The molecule has 0 spiro atoms. The van der Waals surface area contributed by atoms with Gasteiger partial charge in [-0.05, 0) is 26.0 Å². The summed E-state index contributed by atoms with van der Waals surface area (Å²) >= 11 is 0. The Morgan fingerprint density at radius 2 is 2.21 bits per heavy atom. The van der Waals surface area contributed by atoms with Gasteiger partial charge in [0, 0.05) is 37.8 Å². The van der Waals surface area contributed by atoms with Crippen LogP contribution in [0, 0.1) is 5.82 Å². The molecule has 2 aliphatic rings. The molecule has 6 heteroatoms. The predicted molar refractivity (Wildman–Crippen MR) is 90.1 cm³/mol. The molecule has 1 amide bonds. The van der Waals surface area contributed by atoms with Gasteiger partial charge in [-0.25, -0.2) is 4.39 Å².